The van der Waals surface area contributed by atoms with E-state index >= 15 is 0 Å². The topological polar surface area (TPSA) is 92.7 Å². The number of hydrogen-bond donors (Lipinski definition) is 2. The maximum absolute atomic E-state index is 11.3. The van der Waals surface area contributed by atoms with Crippen LogP contribution in [0.3, 0.4) is 0 Å². The number of anilines is 2. The van der Waals surface area contributed by atoms with E-state index < -0.39 is 10.0 Å². The van der Waals surface area contributed by atoms with Crippen LogP contribution in [0.4, 0.5) is 11.4 Å². The van der Waals surface area contributed by atoms with Crippen molar-refractivity contribution in [2.24, 2.45) is 5.14 Å². The average molecular weight is 284 g/mol. The number of hydrogen-bond acceptors (Lipinski definition) is 5. The van der Waals surface area contributed by atoms with E-state index in [-0.39, 0.29) is 4.90 Å². The average Bonchev–Trinajstić information content (AvgIpc) is 2.53. The van der Waals surface area contributed by atoms with Gasteiger partial charge in [0.15, 0.2) is 0 Å². The Morgan fingerprint density at radius 3 is 2.53 bits per heavy atom. The van der Waals surface area contributed by atoms with E-state index in [9.17, 15) is 8.42 Å². The molecule has 0 spiro atoms. The molecule has 6 nitrogen and oxygen atoms in total. The number of benzene rings is 1. The maximum atomic E-state index is 11.3. The summed E-state index contributed by atoms with van der Waals surface area (Å²) in [6.07, 6.45) is 1.06. The Hall–Kier alpha value is -1.31. The molecule has 4 N–H and O–H groups in total. The van der Waals surface area contributed by atoms with E-state index in [1.165, 1.54) is 12.1 Å². The molecule has 1 aromatic carbocycles. The van der Waals surface area contributed by atoms with Crippen molar-refractivity contribution in [3.63, 3.8) is 0 Å². The minimum Gasteiger partial charge on any atom is -0.397 e. The van der Waals surface area contributed by atoms with Gasteiger partial charge in [0.2, 0.25) is 10.0 Å². The molecule has 0 aliphatic carbocycles. The second-order valence-electron chi connectivity index (χ2n) is 4.91. The van der Waals surface area contributed by atoms with E-state index in [1.54, 1.807) is 6.07 Å². The van der Waals surface area contributed by atoms with Crippen LogP contribution >= 0.6 is 0 Å². The largest absolute Gasteiger partial charge is 0.397 e. The fourth-order valence-corrected chi connectivity index (χ4v) is 2.83. The Bertz CT molecular complexity index is 559. The molecule has 1 aromatic rings. The van der Waals surface area contributed by atoms with Crippen LogP contribution in [0.15, 0.2) is 23.1 Å². The van der Waals surface area contributed by atoms with Crippen LogP contribution in [0.2, 0.25) is 0 Å². The van der Waals surface area contributed by atoms with Gasteiger partial charge in [0, 0.05) is 19.6 Å². The number of nitrogens with two attached hydrogens (primary N) is 2. The first kappa shape index (κ1) is 14.1. The molecule has 0 radical (unpaired) electrons. The lowest BCUT2D eigenvalue weighted by molar-refractivity contribution is 0.360. The van der Waals surface area contributed by atoms with Gasteiger partial charge in [0.05, 0.1) is 16.3 Å². The molecule has 7 heteroatoms. The summed E-state index contributed by atoms with van der Waals surface area (Å²) in [4.78, 5) is 4.52. The van der Waals surface area contributed by atoms with Crippen LogP contribution in [0.25, 0.3) is 0 Å². The van der Waals surface area contributed by atoms with Crippen molar-refractivity contribution in [3.05, 3.63) is 18.2 Å². The number of nitrogen functional groups attached to an aromatic ring is 1. The minimum absolute atomic E-state index is 0.0562. The predicted octanol–water partition coefficient (Wildman–Crippen LogP) is 0.0581. The highest BCUT2D eigenvalue weighted by Gasteiger charge is 2.16. The summed E-state index contributed by atoms with van der Waals surface area (Å²) in [5.74, 6) is 0. The lowest BCUT2D eigenvalue weighted by Gasteiger charge is -2.24. The van der Waals surface area contributed by atoms with Crippen molar-refractivity contribution in [2.75, 3.05) is 43.9 Å². The molecule has 1 aliphatic rings. The van der Waals surface area contributed by atoms with E-state index in [4.69, 9.17) is 10.9 Å². The van der Waals surface area contributed by atoms with Crippen molar-refractivity contribution in [2.45, 2.75) is 11.3 Å². The summed E-state index contributed by atoms with van der Waals surface area (Å²) in [5, 5.41) is 5.09. The molecule has 0 amide bonds. The Morgan fingerprint density at radius 2 is 1.89 bits per heavy atom. The molecule has 0 bridgehead atoms. The summed E-state index contributed by atoms with van der Waals surface area (Å²) in [7, 11) is -1.60. The third-order valence-corrected chi connectivity index (χ3v) is 4.30. The zero-order chi connectivity index (χ0) is 14.0. The van der Waals surface area contributed by atoms with Crippen molar-refractivity contribution >= 4 is 21.4 Å². The molecule has 0 aromatic heterocycles. The first-order chi connectivity index (χ1) is 8.88. The smallest absolute Gasteiger partial charge is 0.238 e. The summed E-state index contributed by atoms with van der Waals surface area (Å²) < 4.78 is 22.5. The lowest BCUT2D eigenvalue weighted by Crippen LogP contribution is -2.29. The number of nitrogens with zero attached hydrogens (tertiary/aromatic N) is 2. The highest BCUT2D eigenvalue weighted by molar-refractivity contribution is 7.89. The van der Waals surface area contributed by atoms with Gasteiger partial charge < -0.3 is 15.5 Å². The Balaban J connectivity index is 2.26. The first-order valence-corrected chi connectivity index (χ1v) is 7.78. The van der Waals surface area contributed by atoms with Crippen LogP contribution in [0.5, 0.6) is 0 Å². The zero-order valence-corrected chi connectivity index (χ0v) is 11.9. The molecule has 0 saturated carbocycles. The summed E-state index contributed by atoms with van der Waals surface area (Å²) in [5.41, 5.74) is 7.29. The standard InChI is InChI=1S/C12H20N4O2S/c1-15-5-2-6-16(8-7-15)12-4-3-10(9-11(12)13)19(14,17)18/h3-4,9H,2,5-8,13H2,1H3,(H2,14,17,18). The highest BCUT2D eigenvalue weighted by atomic mass is 32.2. The van der Waals surface area contributed by atoms with Crippen LogP contribution in [-0.4, -0.2) is 46.5 Å². The van der Waals surface area contributed by atoms with Crippen LogP contribution in [0, 0.1) is 0 Å². The fraction of sp³-hybridized carbons (Fsp3) is 0.500. The fourth-order valence-electron chi connectivity index (χ4n) is 2.28. The molecule has 1 aliphatic heterocycles. The van der Waals surface area contributed by atoms with Gasteiger partial charge in [-0.2, -0.15) is 0 Å². The minimum atomic E-state index is -3.70. The van der Waals surface area contributed by atoms with E-state index in [0.717, 1.165) is 38.3 Å². The molecule has 106 valence electrons. The third kappa shape index (κ3) is 3.37. The van der Waals surface area contributed by atoms with Gasteiger partial charge in [-0.15, -0.1) is 0 Å². The normalized spacial score (nSPS) is 18.3. The van der Waals surface area contributed by atoms with Crippen molar-refractivity contribution in [3.8, 4) is 0 Å². The molecule has 0 unspecified atom stereocenters. The van der Waals surface area contributed by atoms with Gasteiger partial charge in [-0.1, -0.05) is 0 Å². The van der Waals surface area contributed by atoms with Crippen molar-refractivity contribution in [1.29, 1.82) is 0 Å². The molecular formula is C12H20N4O2S. The zero-order valence-electron chi connectivity index (χ0n) is 11.0. The van der Waals surface area contributed by atoms with Gasteiger partial charge in [-0.25, -0.2) is 13.6 Å². The molecule has 19 heavy (non-hydrogen) atoms. The van der Waals surface area contributed by atoms with E-state index in [0.29, 0.717) is 5.69 Å². The van der Waals surface area contributed by atoms with Gasteiger partial charge in [0.25, 0.3) is 0 Å². The van der Waals surface area contributed by atoms with E-state index in [2.05, 4.69) is 16.8 Å². The quantitative estimate of drug-likeness (QED) is 0.749. The summed E-state index contributed by atoms with van der Waals surface area (Å²) >= 11 is 0. The van der Waals surface area contributed by atoms with Gasteiger partial charge in [0.1, 0.15) is 0 Å². The molecule has 2 rings (SSSR count). The number of primary sulfonamides is 1. The molecule has 0 atom stereocenters. The molecule has 1 fully saturated rings. The van der Waals surface area contributed by atoms with Crippen LogP contribution in [0.1, 0.15) is 6.42 Å². The third-order valence-electron chi connectivity index (χ3n) is 3.39. The van der Waals surface area contributed by atoms with Gasteiger partial charge in [-0.05, 0) is 38.2 Å². The lowest BCUT2D eigenvalue weighted by atomic mass is 10.2. The summed E-state index contributed by atoms with van der Waals surface area (Å²) in [6.45, 7) is 3.83. The Labute approximate surface area is 114 Å². The number of sulfonamides is 1. The monoisotopic (exact) mass is 284 g/mol. The van der Waals surface area contributed by atoms with Gasteiger partial charge >= 0.3 is 0 Å². The molecule has 1 saturated heterocycles. The first-order valence-electron chi connectivity index (χ1n) is 6.24. The number of rotatable bonds is 2. The van der Waals surface area contributed by atoms with Crippen LogP contribution < -0.4 is 15.8 Å². The predicted molar refractivity (Wildman–Crippen MR) is 76.6 cm³/mol. The Morgan fingerprint density at radius 1 is 1.16 bits per heavy atom. The number of likely N-dealkylation sites (N-methyl/N-ethyl adjacent to an activating group) is 1. The SMILES string of the molecule is CN1CCCN(c2ccc(S(N)(=O)=O)cc2N)CC1. The maximum Gasteiger partial charge on any atom is 0.238 e. The van der Waals surface area contributed by atoms with Crippen LogP contribution in [-0.2, 0) is 10.0 Å². The summed E-state index contributed by atoms with van der Waals surface area (Å²) in [6, 6.07) is 4.68. The van der Waals surface area contributed by atoms with Gasteiger partial charge in [-0.3, -0.25) is 0 Å². The van der Waals surface area contributed by atoms with E-state index in [1.807, 2.05) is 0 Å². The Kier molecular flexibility index (Phi) is 3.98. The molecular weight excluding hydrogens is 264 g/mol. The second kappa shape index (κ2) is 5.36. The van der Waals surface area contributed by atoms with Crippen molar-refractivity contribution in [1.82, 2.24) is 4.90 Å². The second-order valence-corrected chi connectivity index (χ2v) is 6.47. The van der Waals surface area contributed by atoms with Crippen molar-refractivity contribution < 1.29 is 8.42 Å². The highest BCUT2D eigenvalue weighted by Crippen LogP contribution is 2.26. The molecule has 1 heterocycles.